The second kappa shape index (κ2) is 8.40. The lowest BCUT2D eigenvalue weighted by molar-refractivity contribution is 0.0990. The number of aromatic nitrogens is 2. The maximum atomic E-state index is 12.6. The van der Waals surface area contributed by atoms with Crippen LogP contribution in [0, 0.1) is 0 Å². The van der Waals surface area contributed by atoms with Crippen molar-refractivity contribution in [3.8, 4) is 0 Å². The van der Waals surface area contributed by atoms with Gasteiger partial charge in [0.25, 0.3) is 5.91 Å². The van der Waals surface area contributed by atoms with Gasteiger partial charge in [0.05, 0.1) is 17.5 Å². The van der Waals surface area contributed by atoms with E-state index in [1.165, 1.54) is 0 Å². The number of anilines is 1. The quantitative estimate of drug-likeness (QED) is 0.304. The first-order valence-electron chi connectivity index (χ1n) is 10.3. The van der Waals surface area contributed by atoms with Gasteiger partial charge in [-0.25, -0.2) is 4.98 Å². The van der Waals surface area contributed by atoms with Gasteiger partial charge in [-0.15, -0.1) is 0 Å². The molecule has 2 heterocycles. The summed E-state index contributed by atoms with van der Waals surface area (Å²) in [7, 11) is 0. The van der Waals surface area contributed by atoms with E-state index in [0.717, 1.165) is 10.8 Å². The molecule has 0 aliphatic heterocycles. The third-order valence-corrected chi connectivity index (χ3v) is 5.29. The normalized spacial score (nSPS) is 10.9. The number of Topliss-reactive ketones (excluding diaryl/α,β-unsaturated/α-hetero) is 1. The number of hydrogen-bond donors (Lipinski definition) is 1. The molecule has 5 heteroatoms. The SMILES string of the molecule is O=C(Cc1ccc2ccc3ccc(NC(=O)c4ccccc4)nc3c2n1)c1ccccc1. The van der Waals surface area contributed by atoms with Crippen molar-refractivity contribution >= 4 is 39.3 Å². The zero-order valence-corrected chi connectivity index (χ0v) is 17.2. The molecule has 1 amide bonds. The minimum absolute atomic E-state index is 0.0152. The van der Waals surface area contributed by atoms with Crippen LogP contribution < -0.4 is 5.32 Å². The van der Waals surface area contributed by atoms with Crippen LogP contribution in [-0.2, 0) is 6.42 Å². The number of fused-ring (bicyclic) bond motifs is 3. The second-order valence-electron chi connectivity index (χ2n) is 7.49. The lowest BCUT2D eigenvalue weighted by Gasteiger charge is -2.09. The molecule has 2 aromatic heterocycles. The van der Waals surface area contributed by atoms with Crippen LogP contribution in [0.3, 0.4) is 0 Å². The summed E-state index contributed by atoms with van der Waals surface area (Å²) < 4.78 is 0. The summed E-state index contributed by atoms with van der Waals surface area (Å²) in [5.41, 5.74) is 3.29. The molecule has 32 heavy (non-hydrogen) atoms. The summed E-state index contributed by atoms with van der Waals surface area (Å²) in [5, 5.41) is 4.69. The number of nitrogens with zero attached hydrogens (tertiary/aromatic N) is 2. The molecule has 5 aromatic rings. The van der Waals surface area contributed by atoms with E-state index in [4.69, 9.17) is 4.98 Å². The van der Waals surface area contributed by atoms with Gasteiger partial charge in [0.2, 0.25) is 0 Å². The Kier molecular flexibility index (Phi) is 5.14. The van der Waals surface area contributed by atoms with Crippen molar-refractivity contribution < 1.29 is 9.59 Å². The molecule has 0 spiro atoms. The van der Waals surface area contributed by atoms with Crippen molar-refractivity contribution in [3.05, 3.63) is 114 Å². The number of rotatable bonds is 5. The zero-order valence-electron chi connectivity index (χ0n) is 17.2. The molecule has 0 fully saturated rings. The maximum Gasteiger partial charge on any atom is 0.256 e. The van der Waals surface area contributed by atoms with E-state index in [-0.39, 0.29) is 18.1 Å². The summed E-state index contributed by atoms with van der Waals surface area (Å²) in [4.78, 5) is 34.6. The van der Waals surface area contributed by atoms with Gasteiger partial charge in [-0.1, -0.05) is 66.7 Å². The first kappa shape index (κ1) is 19.6. The number of benzene rings is 3. The highest BCUT2D eigenvalue weighted by atomic mass is 16.1. The van der Waals surface area contributed by atoms with Crippen LogP contribution in [0.1, 0.15) is 26.4 Å². The fraction of sp³-hybridized carbons (Fsp3) is 0.0370. The lowest BCUT2D eigenvalue weighted by atomic mass is 10.0. The molecular formula is C27H19N3O2. The predicted molar refractivity (Wildman–Crippen MR) is 126 cm³/mol. The zero-order chi connectivity index (χ0) is 21.9. The molecule has 0 aliphatic rings. The van der Waals surface area contributed by atoms with E-state index in [0.29, 0.717) is 33.7 Å². The summed E-state index contributed by atoms with van der Waals surface area (Å²) in [6, 6.07) is 29.7. The smallest absolute Gasteiger partial charge is 0.256 e. The molecule has 0 radical (unpaired) electrons. The fourth-order valence-corrected chi connectivity index (χ4v) is 3.64. The van der Waals surface area contributed by atoms with E-state index in [9.17, 15) is 9.59 Å². The van der Waals surface area contributed by atoms with E-state index in [1.54, 1.807) is 18.2 Å². The molecular weight excluding hydrogens is 398 g/mol. The van der Waals surface area contributed by atoms with Crippen molar-refractivity contribution in [3.63, 3.8) is 0 Å². The van der Waals surface area contributed by atoms with Gasteiger partial charge in [0.1, 0.15) is 5.82 Å². The lowest BCUT2D eigenvalue weighted by Crippen LogP contribution is -2.12. The monoisotopic (exact) mass is 417 g/mol. The summed E-state index contributed by atoms with van der Waals surface area (Å²) in [5.74, 6) is 0.243. The third-order valence-electron chi connectivity index (χ3n) is 5.29. The highest BCUT2D eigenvalue weighted by molar-refractivity contribution is 6.06. The number of nitrogens with one attached hydrogen (secondary N) is 1. The van der Waals surface area contributed by atoms with Crippen molar-refractivity contribution in [2.24, 2.45) is 0 Å². The number of pyridine rings is 2. The van der Waals surface area contributed by atoms with Crippen LogP contribution in [0.25, 0.3) is 21.8 Å². The highest BCUT2D eigenvalue weighted by Gasteiger charge is 2.12. The topological polar surface area (TPSA) is 72.0 Å². The van der Waals surface area contributed by atoms with E-state index < -0.39 is 0 Å². The molecule has 5 nitrogen and oxygen atoms in total. The Morgan fingerprint density at radius 2 is 1.19 bits per heavy atom. The van der Waals surface area contributed by atoms with Crippen molar-refractivity contribution in [2.75, 3.05) is 5.32 Å². The van der Waals surface area contributed by atoms with Gasteiger partial charge in [-0.3, -0.25) is 14.6 Å². The van der Waals surface area contributed by atoms with Gasteiger partial charge in [0.15, 0.2) is 5.78 Å². The molecule has 0 saturated carbocycles. The van der Waals surface area contributed by atoms with Crippen LogP contribution in [0.4, 0.5) is 5.82 Å². The van der Waals surface area contributed by atoms with Crippen molar-refractivity contribution in [1.82, 2.24) is 9.97 Å². The molecule has 0 aliphatic carbocycles. The molecule has 154 valence electrons. The standard InChI is InChI=1S/C27H19N3O2/c31-23(18-7-3-1-4-8-18)17-22-15-13-19-11-12-20-14-16-24(29-26(20)25(19)28-22)30-27(32)21-9-5-2-6-10-21/h1-16H,17H2,(H,29,30,32). The average molecular weight is 417 g/mol. The minimum atomic E-state index is -0.222. The number of ketones is 1. The van der Waals surface area contributed by atoms with Crippen LogP contribution >= 0.6 is 0 Å². The Bertz CT molecular complexity index is 1340. The van der Waals surface area contributed by atoms with Crippen molar-refractivity contribution in [2.45, 2.75) is 6.42 Å². The Morgan fingerprint density at radius 1 is 0.625 bits per heavy atom. The predicted octanol–water partition coefficient (Wildman–Crippen LogP) is 5.46. The summed E-state index contributed by atoms with van der Waals surface area (Å²) in [6.07, 6.45) is 0.209. The number of amides is 1. The summed E-state index contributed by atoms with van der Waals surface area (Å²) in [6.45, 7) is 0. The van der Waals surface area contributed by atoms with Crippen LogP contribution in [0.15, 0.2) is 97.1 Å². The molecule has 3 aromatic carbocycles. The van der Waals surface area contributed by atoms with Crippen LogP contribution in [0.5, 0.6) is 0 Å². The Hall–Kier alpha value is -4.38. The third kappa shape index (κ3) is 3.96. The molecule has 5 rings (SSSR count). The van der Waals surface area contributed by atoms with Crippen LogP contribution in [0.2, 0.25) is 0 Å². The van der Waals surface area contributed by atoms with Gasteiger partial charge in [-0.05, 0) is 30.3 Å². The highest BCUT2D eigenvalue weighted by Crippen LogP contribution is 2.25. The Labute approximate surface area is 184 Å². The largest absolute Gasteiger partial charge is 0.307 e. The van der Waals surface area contributed by atoms with E-state index in [1.807, 2.05) is 78.9 Å². The van der Waals surface area contributed by atoms with Crippen molar-refractivity contribution in [1.29, 1.82) is 0 Å². The minimum Gasteiger partial charge on any atom is -0.307 e. The van der Waals surface area contributed by atoms with Crippen LogP contribution in [-0.4, -0.2) is 21.7 Å². The van der Waals surface area contributed by atoms with Gasteiger partial charge >= 0.3 is 0 Å². The Morgan fingerprint density at radius 3 is 1.88 bits per heavy atom. The number of carbonyl (C=O) groups is 2. The van der Waals surface area contributed by atoms with Gasteiger partial charge in [-0.2, -0.15) is 0 Å². The number of carbonyl (C=O) groups excluding carboxylic acids is 2. The molecule has 0 unspecified atom stereocenters. The molecule has 0 bridgehead atoms. The van der Waals surface area contributed by atoms with E-state index in [2.05, 4.69) is 10.3 Å². The van der Waals surface area contributed by atoms with E-state index >= 15 is 0 Å². The Balaban J connectivity index is 1.49. The second-order valence-corrected chi connectivity index (χ2v) is 7.49. The molecule has 0 saturated heterocycles. The maximum absolute atomic E-state index is 12.6. The fourth-order valence-electron chi connectivity index (χ4n) is 3.64. The summed E-state index contributed by atoms with van der Waals surface area (Å²) >= 11 is 0. The average Bonchev–Trinajstić information content (AvgIpc) is 2.85. The molecule has 0 atom stereocenters. The van der Waals surface area contributed by atoms with Gasteiger partial charge < -0.3 is 5.32 Å². The first-order valence-corrected chi connectivity index (χ1v) is 10.3. The first-order chi connectivity index (χ1) is 15.7. The number of hydrogen-bond acceptors (Lipinski definition) is 4. The van der Waals surface area contributed by atoms with Gasteiger partial charge in [0, 0.05) is 27.6 Å². The molecule has 1 N–H and O–H groups in total.